The van der Waals surface area contributed by atoms with Gasteiger partial charge in [0.2, 0.25) is 5.69 Å². The Hall–Kier alpha value is -1.11. The molecule has 0 amide bonds. The molecule has 1 heteroatoms. The van der Waals surface area contributed by atoms with Crippen LogP contribution < -0.4 is 4.99 Å². The highest BCUT2D eigenvalue weighted by Gasteiger charge is 2.11. The van der Waals surface area contributed by atoms with E-state index in [0.717, 1.165) is 0 Å². The van der Waals surface area contributed by atoms with E-state index in [1.165, 1.54) is 43.5 Å². The van der Waals surface area contributed by atoms with E-state index in [4.69, 9.17) is 0 Å². The van der Waals surface area contributed by atoms with Gasteiger partial charge in [0, 0.05) is 25.0 Å². The second-order valence-electron chi connectivity index (χ2n) is 3.66. The van der Waals surface area contributed by atoms with Crippen molar-refractivity contribution >= 4 is 11.4 Å². The first-order chi connectivity index (χ1) is 6.45. The molecule has 0 aliphatic heterocycles. The highest BCUT2D eigenvalue weighted by atomic mass is 14.7. The largest absolute Gasteiger partial charge is 0.213 e. The molecule has 1 aromatic rings. The van der Waals surface area contributed by atoms with Gasteiger partial charge in [0.05, 0.1) is 0 Å². The molecular weight excluding hydrogens is 158 g/mol. The predicted molar refractivity (Wildman–Crippen MR) is 55.2 cm³/mol. The van der Waals surface area contributed by atoms with Crippen LogP contribution in [-0.4, -0.2) is 5.71 Å². The maximum Gasteiger partial charge on any atom is 0.203 e. The van der Waals surface area contributed by atoms with E-state index in [2.05, 4.69) is 35.3 Å². The lowest BCUT2D eigenvalue weighted by Gasteiger charge is -2.06. The highest BCUT2D eigenvalue weighted by molar-refractivity contribution is 5.80. The Bertz CT molecular complexity index is 279. The summed E-state index contributed by atoms with van der Waals surface area (Å²) in [5.41, 5.74) is 2.75. The number of para-hydroxylation sites is 1. The number of nitrogens with one attached hydrogen (secondary N) is 1. The Morgan fingerprint density at radius 1 is 0.846 bits per heavy atom. The summed E-state index contributed by atoms with van der Waals surface area (Å²) in [5.74, 6) is 0. The van der Waals surface area contributed by atoms with Crippen molar-refractivity contribution in [2.45, 2.75) is 32.1 Å². The maximum atomic E-state index is 3.50. The molecule has 13 heavy (non-hydrogen) atoms. The third-order valence-electron chi connectivity index (χ3n) is 2.55. The van der Waals surface area contributed by atoms with Gasteiger partial charge in [-0.15, -0.1) is 0 Å². The molecule has 0 aromatic heterocycles. The van der Waals surface area contributed by atoms with Gasteiger partial charge in [0.15, 0.2) is 5.71 Å². The van der Waals surface area contributed by atoms with E-state index in [1.54, 1.807) is 0 Å². The second-order valence-corrected chi connectivity index (χ2v) is 3.66. The van der Waals surface area contributed by atoms with E-state index in [-0.39, 0.29) is 0 Å². The fourth-order valence-electron chi connectivity index (χ4n) is 1.83. The minimum absolute atomic E-state index is 1.24. The Morgan fingerprint density at radius 3 is 2.23 bits per heavy atom. The smallest absolute Gasteiger partial charge is 0.203 e. The first-order valence-corrected chi connectivity index (χ1v) is 5.12. The first kappa shape index (κ1) is 8.49. The van der Waals surface area contributed by atoms with Crippen molar-refractivity contribution in [3.63, 3.8) is 0 Å². The molecule has 0 atom stereocenters. The summed E-state index contributed by atoms with van der Waals surface area (Å²) in [6, 6.07) is 10.5. The molecule has 0 bridgehead atoms. The summed E-state index contributed by atoms with van der Waals surface area (Å²) in [6.45, 7) is 0. The zero-order valence-electron chi connectivity index (χ0n) is 7.92. The molecule has 1 aliphatic rings. The molecule has 1 nitrogen and oxygen atoms in total. The lowest BCUT2D eigenvalue weighted by molar-refractivity contribution is -0.357. The average molecular weight is 174 g/mol. The standard InChI is InChI=1S/C12H15N/c1-3-7-11(8-4-1)13-12-9-5-2-6-10-12/h1,3-4,7-8H,2,5-6,9-10H2/p+1. The number of hydrogen-bond donors (Lipinski definition) is 1. The summed E-state index contributed by atoms with van der Waals surface area (Å²) < 4.78 is 0. The highest BCUT2D eigenvalue weighted by Crippen LogP contribution is 2.11. The first-order valence-electron chi connectivity index (χ1n) is 5.12. The van der Waals surface area contributed by atoms with Gasteiger partial charge < -0.3 is 0 Å². The molecule has 0 saturated heterocycles. The van der Waals surface area contributed by atoms with Crippen LogP contribution in [0, 0.1) is 0 Å². The summed E-state index contributed by atoms with van der Waals surface area (Å²) in [6.07, 6.45) is 6.63. The molecule has 1 aliphatic carbocycles. The quantitative estimate of drug-likeness (QED) is 0.667. The molecule has 68 valence electrons. The van der Waals surface area contributed by atoms with E-state index in [0.29, 0.717) is 0 Å². The van der Waals surface area contributed by atoms with E-state index in [9.17, 15) is 0 Å². The van der Waals surface area contributed by atoms with Crippen LogP contribution in [0.5, 0.6) is 0 Å². The molecule has 0 radical (unpaired) electrons. The van der Waals surface area contributed by atoms with Gasteiger partial charge in [-0.25, -0.2) is 4.99 Å². The SMILES string of the molecule is c1ccc([NH+]=C2CCCCC2)cc1. The number of rotatable bonds is 1. The van der Waals surface area contributed by atoms with Crippen LogP contribution in [0.3, 0.4) is 0 Å². The number of benzene rings is 1. The van der Waals surface area contributed by atoms with Crippen LogP contribution in [0.25, 0.3) is 0 Å². The lowest BCUT2D eigenvalue weighted by atomic mass is 9.98. The Labute approximate surface area is 79.5 Å². The van der Waals surface area contributed by atoms with E-state index < -0.39 is 0 Å². The van der Waals surface area contributed by atoms with Gasteiger partial charge in [-0.2, -0.15) is 0 Å². The number of hydrogen-bond acceptors (Lipinski definition) is 0. The van der Waals surface area contributed by atoms with Crippen molar-refractivity contribution in [3.8, 4) is 0 Å². The fraction of sp³-hybridized carbons (Fsp3) is 0.417. The Balaban J connectivity index is 2.10. The zero-order valence-corrected chi connectivity index (χ0v) is 7.92. The van der Waals surface area contributed by atoms with Gasteiger partial charge in [-0.1, -0.05) is 24.6 Å². The molecule has 1 saturated carbocycles. The summed E-state index contributed by atoms with van der Waals surface area (Å²) in [5, 5.41) is 0. The fourth-order valence-corrected chi connectivity index (χ4v) is 1.83. The van der Waals surface area contributed by atoms with Gasteiger partial charge in [0.25, 0.3) is 0 Å². The molecular formula is C12H16N+. The van der Waals surface area contributed by atoms with Crippen LogP contribution >= 0.6 is 0 Å². The minimum atomic E-state index is 1.24. The van der Waals surface area contributed by atoms with Crippen LogP contribution in [0.1, 0.15) is 32.1 Å². The maximum absolute atomic E-state index is 3.50. The average Bonchev–Trinajstić information content (AvgIpc) is 2.21. The van der Waals surface area contributed by atoms with Crippen molar-refractivity contribution in [2.24, 2.45) is 0 Å². The van der Waals surface area contributed by atoms with Crippen LogP contribution in [0.4, 0.5) is 5.69 Å². The lowest BCUT2D eigenvalue weighted by Crippen LogP contribution is -2.66. The molecule has 0 spiro atoms. The third kappa shape index (κ3) is 2.41. The second kappa shape index (κ2) is 4.22. The van der Waals surface area contributed by atoms with Gasteiger partial charge >= 0.3 is 0 Å². The van der Waals surface area contributed by atoms with Gasteiger partial charge in [-0.05, 0) is 12.8 Å². The Kier molecular flexibility index (Phi) is 2.75. The minimum Gasteiger partial charge on any atom is -0.213 e. The van der Waals surface area contributed by atoms with Crippen LogP contribution in [0.15, 0.2) is 30.3 Å². The topological polar surface area (TPSA) is 14.0 Å². The predicted octanol–water partition coefficient (Wildman–Crippen LogP) is 1.80. The van der Waals surface area contributed by atoms with Crippen LogP contribution in [0.2, 0.25) is 0 Å². The third-order valence-corrected chi connectivity index (χ3v) is 2.55. The molecule has 1 fully saturated rings. The van der Waals surface area contributed by atoms with Crippen LogP contribution in [-0.2, 0) is 0 Å². The normalized spacial score (nSPS) is 17.1. The summed E-state index contributed by atoms with van der Waals surface area (Å²) in [4.78, 5) is 3.50. The van der Waals surface area contributed by atoms with Gasteiger partial charge in [-0.3, -0.25) is 0 Å². The molecule has 1 aromatic carbocycles. The van der Waals surface area contributed by atoms with E-state index >= 15 is 0 Å². The van der Waals surface area contributed by atoms with Crippen molar-refractivity contribution < 1.29 is 4.99 Å². The van der Waals surface area contributed by atoms with E-state index in [1.807, 2.05) is 0 Å². The molecule has 0 unspecified atom stereocenters. The molecule has 2 rings (SSSR count). The van der Waals surface area contributed by atoms with Crippen molar-refractivity contribution in [1.29, 1.82) is 0 Å². The van der Waals surface area contributed by atoms with Gasteiger partial charge in [0.1, 0.15) is 0 Å². The van der Waals surface area contributed by atoms with Crippen molar-refractivity contribution in [2.75, 3.05) is 0 Å². The van der Waals surface area contributed by atoms with Crippen molar-refractivity contribution in [1.82, 2.24) is 0 Å². The van der Waals surface area contributed by atoms with Crippen molar-refractivity contribution in [3.05, 3.63) is 30.3 Å². The molecule has 1 N–H and O–H groups in total. The molecule has 0 heterocycles. The summed E-state index contributed by atoms with van der Waals surface area (Å²) in [7, 11) is 0. The Morgan fingerprint density at radius 2 is 1.54 bits per heavy atom. The zero-order chi connectivity index (χ0) is 8.93. The monoisotopic (exact) mass is 174 g/mol. The summed E-state index contributed by atoms with van der Waals surface area (Å²) >= 11 is 0.